The van der Waals surface area contributed by atoms with Crippen LogP contribution >= 0.6 is 0 Å². The Labute approximate surface area is 111 Å². The maximum Gasteiger partial charge on any atom is 0.0900 e. The summed E-state index contributed by atoms with van der Waals surface area (Å²) in [6.45, 7) is 11.7. The van der Waals surface area contributed by atoms with Crippen molar-refractivity contribution in [1.82, 2.24) is 9.80 Å². The Morgan fingerprint density at radius 1 is 1.22 bits per heavy atom. The molecule has 0 amide bonds. The van der Waals surface area contributed by atoms with Gasteiger partial charge in [-0.05, 0) is 20.8 Å². The van der Waals surface area contributed by atoms with Crippen molar-refractivity contribution in [2.75, 3.05) is 45.9 Å². The van der Waals surface area contributed by atoms with Gasteiger partial charge in [0, 0.05) is 32.7 Å². The zero-order valence-electron chi connectivity index (χ0n) is 11.9. The zero-order chi connectivity index (χ0) is 13.6. The molecule has 0 radical (unpaired) electrons. The summed E-state index contributed by atoms with van der Waals surface area (Å²) in [5.74, 6) is 2.67. The maximum absolute atomic E-state index is 9.92. The van der Waals surface area contributed by atoms with E-state index in [0.717, 1.165) is 32.7 Å². The quantitative estimate of drug-likeness (QED) is 0.721. The van der Waals surface area contributed by atoms with Crippen molar-refractivity contribution in [3.05, 3.63) is 0 Å². The number of nitrogens with zero attached hydrogens (tertiary/aromatic N) is 2. The molecule has 1 fully saturated rings. The summed E-state index contributed by atoms with van der Waals surface area (Å²) in [5.41, 5.74) is -0.188. The monoisotopic (exact) mass is 254 g/mol. The van der Waals surface area contributed by atoms with Gasteiger partial charge in [0.1, 0.15) is 0 Å². The van der Waals surface area contributed by atoms with Gasteiger partial charge in [-0.3, -0.25) is 9.80 Å². The lowest BCUT2D eigenvalue weighted by Crippen LogP contribution is -2.49. The Kier molecular flexibility index (Phi) is 6.10. The molecule has 4 nitrogen and oxygen atoms in total. The lowest BCUT2D eigenvalue weighted by molar-refractivity contribution is -0.0583. The minimum absolute atomic E-state index is 0.188. The first-order chi connectivity index (χ1) is 8.40. The van der Waals surface area contributed by atoms with E-state index in [2.05, 4.69) is 15.7 Å². The predicted molar refractivity (Wildman–Crippen MR) is 73.4 cm³/mol. The molecule has 0 aromatic heterocycles. The minimum Gasteiger partial charge on any atom is -0.389 e. The van der Waals surface area contributed by atoms with E-state index in [1.54, 1.807) is 0 Å². The summed E-state index contributed by atoms with van der Waals surface area (Å²) in [7, 11) is 0. The second-order valence-electron chi connectivity index (χ2n) is 5.86. The first-order valence-electron chi connectivity index (χ1n) is 6.61. The summed E-state index contributed by atoms with van der Waals surface area (Å²) in [5, 5.41) is 9.92. The van der Waals surface area contributed by atoms with Crippen LogP contribution in [0.25, 0.3) is 0 Å². The van der Waals surface area contributed by atoms with Crippen LogP contribution < -0.4 is 0 Å². The van der Waals surface area contributed by atoms with Crippen LogP contribution in [-0.2, 0) is 4.74 Å². The Balaban J connectivity index is 2.18. The summed E-state index contributed by atoms with van der Waals surface area (Å²) in [6.07, 6.45) is 4.88. The molecule has 1 atom stereocenters. The molecule has 18 heavy (non-hydrogen) atoms. The summed E-state index contributed by atoms with van der Waals surface area (Å²) < 4.78 is 5.58. The molecule has 0 bridgehead atoms. The van der Waals surface area contributed by atoms with Gasteiger partial charge in [0.2, 0.25) is 0 Å². The summed E-state index contributed by atoms with van der Waals surface area (Å²) in [6, 6.07) is 0. The van der Waals surface area contributed by atoms with Crippen LogP contribution in [-0.4, -0.2) is 72.5 Å². The van der Waals surface area contributed by atoms with Crippen molar-refractivity contribution >= 4 is 0 Å². The first kappa shape index (κ1) is 15.5. The van der Waals surface area contributed by atoms with Gasteiger partial charge < -0.3 is 9.84 Å². The van der Waals surface area contributed by atoms with Crippen LogP contribution in [0.3, 0.4) is 0 Å². The first-order valence-corrected chi connectivity index (χ1v) is 6.61. The SMILES string of the molecule is C#CCN1CCN(CC(O)COC(C)(C)C)CC1. The second kappa shape index (κ2) is 7.10. The second-order valence-corrected chi connectivity index (χ2v) is 5.86. The molecule has 0 aliphatic carbocycles. The molecule has 1 N–H and O–H groups in total. The molecule has 0 spiro atoms. The van der Waals surface area contributed by atoms with Crippen molar-refractivity contribution in [2.24, 2.45) is 0 Å². The van der Waals surface area contributed by atoms with Crippen molar-refractivity contribution in [3.8, 4) is 12.3 Å². The third-order valence-electron chi connectivity index (χ3n) is 2.96. The molecule has 104 valence electrons. The molecule has 1 saturated heterocycles. The number of aliphatic hydroxyl groups is 1. The van der Waals surface area contributed by atoms with Gasteiger partial charge in [0.25, 0.3) is 0 Å². The fraction of sp³-hybridized carbons (Fsp3) is 0.857. The molecule has 1 rings (SSSR count). The number of β-amino-alcohol motifs (C(OH)–C–C–N with tert-alkyl or cyclic N) is 1. The molecule has 1 heterocycles. The Morgan fingerprint density at radius 2 is 1.78 bits per heavy atom. The van der Waals surface area contributed by atoms with E-state index in [9.17, 15) is 5.11 Å². The van der Waals surface area contributed by atoms with Crippen LogP contribution in [0.2, 0.25) is 0 Å². The number of ether oxygens (including phenoxy) is 1. The summed E-state index contributed by atoms with van der Waals surface area (Å²) in [4.78, 5) is 4.53. The van der Waals surface area contributed by atoms with Gasteiger partial charge in [-0.2, -0.15) is 0 Å². The number of hydrogen-bond acceptors (Lipinski definition) is 4. The van der Waals surface area contributed by atoms with Gasteiger partial charge in [0.15, 0.2) is 0 Å². The van der Waals surface area contributed by atoms with Gasteiger partial charge in [0.05, 0.1) is 24.9 Å². The highest BCUT2D eigenvalue weighted by atomic mass is 16.5. The van der Waals surface area contributed by atoms with Crippen LogP contribution in [0.4, 0.5) is 0 Å². The Bertz CT molecular complexity index is 272. The van der Waals surface area contributed by atoms with E-state index < -0.39 is 6.10 Å². The third-order valence-corrected chi connectivity index (χ3v) is 2.96. The maximum atomic E-state index is 9.92. The van der Waals surface area contributed by atoms with E-state index in [4.69, 9.17) is 11.2 Å². The molecule has 0 aromatic carbocycles. The van der Waals surface area contributed by atoms with Crippen molar-refractivity contribution in [2.45, 2.75) is 32.5 Å². The molecule has 1 unspecified atom stereocenters. The Morgan fingerprint density at radius 3 is 2.28 bits per heavy atom. The van der Waals surface area contributed by atoms with E-state index in [-0.39, 0.29) is 5.60 Å². The largest absolute Gasteiger partial charge is 0.389 e. The zero-order valence-corrected chi connectivity index (χ0v) is 11.9. The lowest BCUT2D eigenvalue weighted by Gasteiger charge is -2.35. The minimum atomic E-state index is -0.414. The average Bonchev–Trinajstić information content (AvgIpc) is 2.29. The fourth-order valence-corrected chi connectivity index (χ4v) is 1.96. The van der Waals surface area contributed by atoms with Crippen LogP contribution in [0, 0.1) is 12.3 Å². The van der Waals surface area contributed by atoms with Crippen molar-refractivity contribution in [3.63, 3.8) is 0 Å². The lowest BCUT2D eigenvalue weighted by atomic mass is 10.2. The van der Waals surface area contributed by atoms with E-state index >= 15 is 0 Å². The number of terminal acetylenes is 1. The van der Waals surface area contributed by atoms with Crippen LogP contribution in [0.5, 0.6) is 0 Å². The third kappa shape index (κ3) is 6.36. The highest BCUT2D eigenvalue weighted by Gasteiger charge is 2.20. The number of aliphatic hydroxyl groups excluding tert-OH is 1. The molecule has 0 saturated carbocycles. The molecular weight excluding hydrogens is 228 g/mol. The summed E-state index contributed by atoms with van der Waals surface area (Å²) >= 11 is 0. The molecule has 0 aromatic rings. The molecule has 4 heteroatoms. The van der Waals surface area contributed by atoms with Crippen LogP contribution in [0.1, 0.15) is 20.8 Å². The van der Waals surface area contributed by atoms with Gasteiger partial charge >= 0.3 is 0 Å². The van der Waals surface area contributed by atoms with E-state index in [1.165, 1.54) is 0 Å². The van der Waals surface area contributed by atoms with Crippen molar-refractivity contribution in [1.29, 1.82) is 0 Å². The molecule has 1 aliphatic heterocycles. The van der Waals surface area contributed by atoms with Crippen LogP contribution in [0.15, 0.2) is 0 Å². The molecule has 1 aliphatic rings. The highest BCUT2D eigenvalue weighted by Crippen LogP contribution is 2.08. The predicted octanol–water partition coefficient (Wildman–Crippen LogP) is 0.413. The fourth-order valence-electron chi connectivity index (χ4n) is 1.96. The topological polar surface area (TPSA) is 35.9 Å². The van der Waals surface area contributed by atoms with Gasteiger partial charge in [-0.1, -0.05) is 5.92 Å². The standard InChI is InChI=1S/C14H26N2O2/c1-5-6-15-7-9-16(10-8-15)11-13(17)12-18-14(2,3)4/h1,13,17H,6-12H2,2-4H3. The van der Waals surface area contributed by atoms with Crippen molar-refractivity contribution < 1.29 is 9.84 Å². The number of hydrogen-bond donors (Lipinski definition) is 1. The smallest absolute Gasteiger partial charge is 0.0900 e. The Hall–Kier alpha value is -0.600. The normalized spacial score (nSPS) is 20.6. The van der Waals surface area contributed by atoms with Gasteiger partial charge in [-0.15, -0.1) is 6.42 Å². The highest BCUT2D eigenvalue weighted by molar-refractivity contribution is 4.89. The number of rotatable bonds is 5. The van der Waals surface area contributed by atoms with E-state index in [0.29, 0.717) is 13.2 Å². The average molecular weight is 254 g/mol. The van der Waals surface area contributed by atoms with Gasteiger partial charge in [-0.25, -0.2) is 0 Å². The number of piperazine rings is 1. The molecular formula is C14H26N2O2. The van der Waals surface area contributed by atoms with E-state index in [1.807, 2.05) is 20.8 Å².